The first kappa shape index (κ1) is 22.3. The summed E-state index contributed by atoms with van der Waals surface area (Å²) < 4.78 is 43.6. The number of nitrogens with zero attached hydrogens (tertiary/aromatic N) is 5. The summed E-state index contributed by atoms with van der Waals surface area (Å²) in [6, 6.07) is 5.27. The monoisotopic (exact) mass is 439 g/mol. The standard InChI is InChI=1S/C19H21F3N6O3/c1-28(2,3)27-14-10-24-15(25-16(14)26(17(23)29)18(27)30)9-6-12-4-7-13(8-5-12)31-11-19(20,21)22/h4-5,7-8,10H,6,9,11H2,1-3H3,(H-,23,29)/p+1. The maximum atomic E-state index is 12.7. The highest BCUT2D eigenvalue weighted by molar-refractivity contribution is 5.86. The Morgan fingerprint density at radius 3 is 2.35 bits per heavy atom. The Morgan fingerprint density at radius 1 is 1.16 bits per heavy atom. The lowest BCUT2D eigenvalue weighted by Gasteiger charge is -2.23. The predicted molar refractivity (Wildman–Crippen MR) is 107 cm³/mol. The van der Waals surface area contributed by atoms with Crippen LogP contribution in [-0.2, 0) is 12.8 Å². The van der Waals surface area contributed by atoms with Crippen LogP contribution in [-0.4, -0.2) is 59.2 Å². The van der Waals surface area contributed by atoms with Gasteiger partial charge in [0.25, 0.3) is 0 Å². The first-order chi connectivity index (χ1) is 14.4. The number of aromatic nitrogens is 4. The number of nitrogens with two attached hydrogens (primary N) is 1. The summed E-state index contributed by atoms with van der Waals surface area (Å²) in [6.07, 6.45) is -2.07. The van der Waals surface area contributed by atoms with E-state index in [1.165, 1.54) is 23.0 Å². The second kappa shape index (κ2) is 8.02. The van der Waals surface area contributed by atoms with E-state index < -0.39 is 24.5 Å². The third-order valence-electron chi connectivity index (χ3n) is 4.40. The fraction of sp³-hybridized carbons (Fsp3) is 0.368. The van der Waals surface area contributed by atoms with Crippen molar-refractivity contribution >= 4 is 17.2 Å². The van der Waals surface area contributed by atoms with Gasteiger partial charge in [-0.2, -0.15) is 17.7 Å². The maximum Gasteiger partial charge on any atom is 0.422 e. The molecule has 0 aliphatic heterocycles. The zero-order valence-corrected chi connectivity index (χ0v) is 17.2. The molecule has 0 aliphatic rings. The Kier molecular flexibility index (Phi) is 5.77. The van der Waals surface area contributed by atoms with Crippen LogP contribution in [0.4, 0.5) is 18.0 Å². The van der Waals surface area contributed by atoms with Gasteiger partial charge < -0.3 is 10.5 Å². The second-order valence-electron chi connectivity index (χ2n) is 7.75. The van der Waals surface area contributed by atoms with Gasteiger partial charge in [0.15, 0.2) is 17.8 Å². The van der Waals surface area contributed by atoms with Gasteiger partial charge in [-0.05, 0) is 24.1 Å². The minimum Gasteiger partial charge on any atom is -0.484 e. The van der Waals surface area contributed by atoms with Gasteiger partial charge in [-0.1, -0.05) is 12.1 Å². The Bertz CT molecular complexity index is 1160. The molecule has 1 aromatic carbocycles. The highest BCUT2D eigenvalue weighted by Crippen LogP contribution is 2.19. The van der Waals surface area contributed by atoms with Crippen molar-refractivity contribution in [1.82, 2.24) is 23.8 Å². The minimum absolute atomic E-state index is 0.0844. The summed E-state index contributed by atoms with van der Waals surface area (Å²) in [6.45, 7) is -1.35. The van der Waals surface area contributed by atoms with Crippen LogP contribution in [0.1, 0.15) is 11.4 Å². The average molecular weight is 439 g/mol. The van der Waals surface area contributed by atoms with Gasteiger partial charge >= 0.3 is 17.9 Å². The fourth-order valence-corrected chi connectivity index (χ4v) is 3.08. The van der Waals surface area contributed by atoms with E-state index >= 15 is 0 Å². The number of aryl methyl sites for hydroxylation is 2. The van der Waals surface area contributed by atoms with Gasteiger partial charge in [0.2, 0.25) is 0 Å². The van der Waals surface area contributed by atoms with Gasteiger partial charge in [0.1, 0.15) is 11.6 Å². The zero-order chi connectivity index (χ0) is 23.0. The molecule has 31 heavy (non-hydrogen) atoms. The molecule has 2 N–H and O–H groups in total. The molecule has 9 nitrogen and oxygen atoms in total. The first-order valence-corrected chi connectivity index (χ1v) is 9.27. The summed E-state index contributed by atoms with van der Waals surface area (Å²) in [5, 5.41) is 0. The van der Waals surface area contributed by atoms with Crippen LogP contribution < -0.4 is 20.8 Å². The fourth-order valence-electron chi connectivity index (χ4n) is 3.08. The van der Waals surface area contributed by atoms with Crippen molar-refractivity contribution in [3.63, 3.8) is 0 Å². The molecule has 0 saturated heterocycles. The average Bonchev–Trinajstić information content (AvgIpc) is 2.96. The third-order valence-corrected chi connectivity index (χ3v) is 4.40. The number of carbonyl (C=O) groups excluding carboxylic acids is 1. The smallest absolute Gasteiger partial charge is 0.422 e. The number of quaternary nitrogens is 1. The number of primary amides is 1. The summed E-state index contributed by atoms with van der Waals surface area (Å²) in [7, 11) is 5.26. The molecule has 0 radical (unpaired) electrons. The molecule has 0 unspecified atom stereocenters. The van der Waals surface area contributed by atoms with Crippen molar-refractivity contribution in [3.8, 4) is 5.75 Å². The topological polar surface area (TPSA) is 105 Å². The number of imidazole rings is 1. The normalized spacial score (nSPS) is 12.3. The van der Waals surface area contributed by atoms with E-state index in [1.807, 2.05) is 0 Å². The molecule has 0 spiro atoms. The predicted octanol–water partition coefficient (Wildman–Crippen LogP) is 1.57. The molecular formula is C19H22F3N6O3+. The van der Waals surface area contributed by atoms with Crippen LogP contribution in [0.3, 0.4) is 0 Å². The summed E-state index contributed by atoms with van der Waals surface area (Å²) in [5.74, 6) is 0.504. The van der Waals surface area contributed by atoms with Crippen LogP contribution in [0, 0.1) is 0 Å². The van der Waals surface area contributed by atoms with Gasteiger partial charge in [0, 0.05) is 6.42 Å². The van der Waals surface area contributed by atoms with Crippen molar-refractivity contribution in [2.24, 2.45) is 5.73 Å². The number of benzene rings is 1. The second-order valence-corrected chi connectivity index (χ2v) is 7.75. The summed E-state index contributed by atoms with van der Waals surface area (Å²) in [4.78, 5) is 33.1. The van der Waals surface area contributed by atoms with Crippen LogP contribution >= 0.6 is 0 Å². The lowest BCUT2D eigenvalue weighted by Crippen LogP contribution is -2.53. The molecule has 3 rings (SSSR count). The molecule has 0 saturated carbocycles. The van der Waals surface area contributed by atoms with Gasteiger partial charge in [-0.3, -0.25) is 0 Å². The summed E-state index contributed by atoms with van der Waals surface area (Å²) >= 11 is 0. The molecule has 1 amide bonds. The first-order valence-electron chi connectivity index (χ1n) is 9.27. The number of rotatable bonds is 6. The molecule has 0 fully saturated rings. The number of hydrogen-bond acceptors (Lipinski definition) is 5. The Hall–Kier alpha value is -3.41. The van der Waals surface area contributed by atoms with Crippen molar-refractivity contribution < 1.29 is 22.7 Å². The van der Waals surface area contributed by atoms with E-state index in [0.29, 0.717) is 24.2 Å². The quantitative estimate of drug-likeness (QED) is 0.587. The molecule has 0 bridgehead atoms. The van der Waals surface area contributed by atoms with Crippen LogP contribution in [0.5, 0.6) is 5.75 Å². The maximum absolute atomic E-state index is 12.7. The number of halogens is 3. The van der Waals surface area contributed by atoms with E-state index in [0.717, 1.165) is 10.1 Å². The van der Waals surface area contributed by atoms with E-state index in [4.69, 9.17) is 5.73 Å². The molecule has 2 aromatic heterocycles. The third kappa shape index (κ3) is 5.02. The molecule has 0 aliphatic carbocycles. The Balaban J connectivity index is 1.81. The van der Waals surface area contributed by atoms with Crippen LogP contribution in [0.2, 0.25) is 0 Å². The zero-order valence-electron chi connectivity index (χ0n) is 17.2. The molecule has 166 valence electrons. The van der Waals surface area contributed by atoms with Gasteiger partial charge in [-0.15, -0.1) is 4.68 Å². The molecule has 12 heteroatoms. The number of amides is 1. The molecule has 2 heterocycles. The molecular weight excluding hydrogens is 417 g/mol. The Labute approximate surface area is 175 Å². The molecule has 0 atom stereocenters. The van der Waals surface area contributed by atoms with E-state index in [1.54, 1.807) is 33.3 Å². The SMILES string of the molecule is C[N+](C)(C)n1c(=O)n(C(N)=O)c2nc(CCc3ccc(OCC(F)(F)F)cc3)ncc21. The van der Waals surface area contributed by atoms with Gasteiger partial charge in [-0.25, -0.2) is 24.1 Å². The van der Waals surface area contributed by atoms with E-state index in [-0.39, 0.29) is 16.0 Å². The van der Waals surface area contributed by atoms with E-state index in [2.05, 4.69) is 14.7 Å². The lowest BCUT2D eigenvalue weighted by atomic mass is 10.1. The summed E-state index contributed by atoms with van der Waals surface area (Å²) in [5.41, 5.74) is 6.08. The van der Waals surface area contributed by atoms with Crippen LogP contribution in [0.25, 0.3) is 11.2 Å². The molecule has 3 aromatic rings. The van der Waals surface area contributed by atoms with Crippen molar-refractivity contribution in [2.45, 2.75) is 19.0 Å². The number of ether oxygens (including phenoxy) is 1. The lowest BCUT2D eigenvalue weighted by molar-refractivity contribution is -0.153. The number of hydrogen-bond donors (Lipinski definition) is 1. The number of carbonyl (C=O) groups is 1. The van der Waals surface area contributed by atoms with Crippen molar-refractivity contribution in [2.75, 3.05) is 27.7 Å². The number of fused-ring (bicyclic) bond motifs is 1. The van der Waals surface area contributed by atoms with Crippen molar-refractivity contribution in [1.29, 1.82) is 0 Å². The number of alkyl halides is 3. The van der Waals surface area contributed by atoms with Crippen LogP contribution in [0.15, 0.2) is 35.3 Å². The van der Waals surface area contributed by atoms with Crippen molar-refractivity contribution in [3.05, 3.63) is 52.3 Å². The van der Waals surface area contributed by atoms with Gasteiger partial charge in [0.05, 0.1) is 27.3 Å². The highest BCUT2D eigenvalue weighted by Gasteiger charge is 2.28. The largest absolute Gasteiger partial charge is 0.484 e. The highest BCUT2D eigenvalue weighted by atomic mass is 19.4. The Morgan fingerprint density at radius 2 is 1.81 bits per heavy atom. The van der Waals surface area contributed by atoms with E-state index in [9.17, 15) is 22.8 Å². The minimum atomic E-state index is -4.40.